The molecule has 0 aliphatic heterocycles. The van der Waals surface area contributed by atoms with E-state index in [9.17, 15) is 10.0 Å². The summed E-state index contributed by atoms with van der Waals surface area (Å²) in [5.74, 6) is 0.417. The summed E-state index contributed by atoms with van der Waals surface area (Å²) in [6.07, 6.45) is 5.53. The molecule has 0 fully saturated rings. The van der Waals surface area contributed by atoms with Crippen LogP contribution in [0.15, 0.2) is 70.6 Å². The Hall–Kier alpha value is -3.28. The molecule has 0 amide bonds. The minimum absolute atomic E-state index is 0.352. The van der Waals surface area contributed by atoms with Crippen LogP contribution in [0.1, 0.15) is 47.1 Å². The number of unbranched alkanes of at least 4 members (excludes halogenated alkanes) is 1. The number of rotatable bonds is 9. The number of nitrogens with zero attached hydrogens (tertiary/aromatic N) is 2. The highest BCUT2D eigenvalue weighted by molar-refractivity contribution is 6.01. The van der Waals surface area contributed by atoms with E-state index in [2.05, 4.69) is 5.16 Å². The second kappa shape index (κ2) is 9.60. The van der Waals surface area contributed by atoms with Gasteiger partial charge in [-0.25, -0.2) is 4.79 Å². The first-order valence-electron chi connectivity index (χ1n) is 9.36. The van der Waals surface area contributed by atoms with Gasteiger partial charge in [0.25, 0.3) is 0 Å². The summed E-state index contributed by atoms with van der Waals surface area (Å²) in [5, 5.41) is 13.0. The van der Waals surface area contributed by atoms with Crippen LogP contribution < -0.4 is 0 Å². The minimum Gasteiger partial charge on any atom is -0.467 e. The van der Waals surface area contributed by atoms with Crippen molar-refractivity contribution in [2.45, 2.75) is 32.7 Å². The van der Waals surface area contributed by atoms with Crippen molar-refractivity contribution in [1.29, 1.82) is 0 Å². The number of oxime groups is 1. The predicted octanol–water partition coefficient (Wildman–Crippen LogP) is 4.51. The van der Waals surface area contributed by atoms with Crippen LogP contribution in [0.4, 0.5) is 0 Å². The Kier molecular flexibility index (Phi) is 6.68. The van der Waals surface area contributed by atoms with Crippen LogP contribution in [0, 0.1) is 0 Å². The maximum atomic E-state index is 12.4. The van der Waals surface area contributed by atoms with E-state index in [4.69, 9.17) is 9.15 Å². The second-order valence-corrected chi connectivity index (χ2v) is 6.51. The van der Waals surface area contributed by atoms with Gasteiger partial charge in [-0.15, -0.1) is 0 Å². The maximum absolute atomic E-state index is 12.4. The molecule has 2 heterocycles. The summed E-state index contributed by atoms with van der Waals surface area (Å²) in [7, 11) is 0. The number of aromatic nitrogens is 1. The van der Waals surface area contributed by atoms with Crippen LogP contribution in [-0.4, -0.2) is 28.1 Å². The van der Waals surface area contributed by atoms with E-state index >= 15 is 0 Å². The summed E-state index contributed by atoms with van der Waals surface area (Å²) in [6.45, 7) is 2.92. The number of hydrogen-bond donors (Lipinski definition) is 1. The van der Waals surface area contributed by atoms with Crippen LogP contribution in [0.2, 0.25) is 0 Å². The van der Waals surface area contributed by atoms with Crippen LogP contribution in [0.3, 0.4) is 0 Å². The molecule has 1 N–H and O–H groups in total. The first kappa shape index (κ1) is 19.5. The van der Waals surface area contributed by atoms with Crippen molar-refractivity contribution in [3.8, 4) is 0 Å². The van der Waals surface area contributed by atoms with E-state index in [1.54, 1.807) is 18.5 Å². The topological polar surface area (TPSA) is 77.0 Å². The first-order valence-corrected chi connectivity index (χ1v) is 9.36. The number of benzene rings is 1. The number of carbonyl (C=O) groups is 1. The Bertz CT molecular complexity index is 911. The summed E-state index contributed by atoms with van der Waals surface area (Å²) in [6, 6.07) is 14.9. The first-order chi connectivity index (χ1) is 13.7. The summed E-state index contributed by atoms with van der Waals surface area (Å²) < 4.78 is 12.7. The summed E-state index contributed by atoms with van der Waals surface area (Å²) in [4.78, 5) is 12.4. The fraction of sp³-hybridized carbons (Fsp3) is 0.273. The van der Waals surface area contributed by atoms with E-state index in [1.165, 1.54) is 0 Å². The molecule has 0 atom stereocenters. The third-order valence-corrected chi connectivity index (χ3v) is 4.44. The van der Waals surface area contributed by atoms with Gasteiger partial charge < -0.3 is 18.9 Å². The Balaban J connectivity index is 1.85. The van der Waals surface area contributed by atoms with Crippen molar-refractivity contribution >= 4 is 11.7 Å². The molecule has 0 spiro atoms. The van der Waals surface area contributed by atoms with Crippen molar-refractivity contribution in [2.24, 2.45) is 5.16 Å². The normalized spacial score (nSPS) is 11.5. The fourth-order valence-electron chi connectivity index (χ4n) is 2.92. The highest BCUT2D eigenvalue weighted by Crippen LogP contribution is 2.17. The van der Waals surface area contributed by atoms with E-state index in [1.807, 2.05) is 54.0 Å². The van der Waals surface area contributed by atoms with Gasteiger partial charge in [-0.1, -0.05) is 48.8 Å². The van der Waals surface area contributed by atoms with E-state index in [-0.39, 0.29) is 5.97 Å². The predicted molar refractivity (Wildman–Crippen MR) is 106 cm³/mol. The quantitative estimate of drug-likeness (QED) is 0.195. The fourth-order valence-corrected chi connectivity index (χ4v) is 2.92. The van der Waals surface area contributed by atoms with Gasteiger partial charge in [-0.2, -0.15) is 0 Å². The zero-order valence-corrected chi connectivity index (χ0v) is 15.9. The lowest BCUT2D eigenvalue weighted by molar-refractivity contribution is 0.0499. The molecule has 0 unspecified atom stereocenters. The van der Waals surface area contributed by atoms with Gasteiger partial charge in [0.15, 0.2) is 0 Å². The molecule has 3 rings (SSSR count). The standard InChI is InChI=1S/C22H24N2O4/c1-2-3-11-28-22(25)18-13-19(24(15-18)16-20-10-7-12-27-20)14-21(23-26)17-8-5-4-6-9-17/h4-10,12-13,15,26H,2-3,11,14,16H2,1H3/b23-21-. The molecule has 28 heavy (non-hydrogen) atoms. The Labute approximate surface area is 164 Å². The van der Waals surface area contributed by atoms with E-state index < -0.39 is 0 Å². The molecule has 0 aliphatic rings. The van der Waals surface area contributed by atoms with Gasteiger partial charge in [0.2, 0.25) is 0 Å². The average Bonchev–Trinajstić information content (AvgIpc) is 3.37. The second-order valence-electron chi connectivity index (χ2n) is 6.51. The highest BCUT2D eigenvalue weighted by atomic mass is 16.5. The van der Waals surface area contributed by atoms with Gasteiger partial charge in [0, 0.05) is 18.3 Å². The van der Waals surface area contributed by atoms with Crippen LogP contribution >= 0.6 is 0 Å². The molecule has 6 heteroatoms. The van der Waals surface area contributed by atoms with Gasteiger partial charge in [-0.3, -0.25) is 0 Å². The number of ether oxygens (including phenoxy) is 1. The zero-order valence-electron chi connectivity index (χ0n) is 15.9. The zero-order chi connectivity index (χ0) is 19.8. The van der Waals surface area contributed by atoms with Gasteiger partial charge in [-0.05, 0) is 30.2 Å². The van der Waals surface area contributed by atoms with Gasteiger partial charge >= 0.3 is 5.97 Å². The SMILES string of the molecule is CCCCOC(=O)c1cc(C/C(=N/O)c2ccccc2)n(Cc2ccco2)c1. The number of furan rings is 1. The molecule has 0 aliphatic carbocycles. The van der Waals surface area contributed by atoms with Gasteiger partial charge in [0.05, 0.1) is 30.7 Å². The lowest BCUT2D eigenvalue weighted by Gasteiger charge is -2.09. The average molecular weight is 380 g/mol. The molecular weight excluding hydrogens is 356 g/mol. The number of esters is 1. The Morgan fingerprint density at radius 2 is 2.00 bits per heavy atom. The lowest BCUT2D eigenvalue weighted by atomic mass is 10.1. The van der Waals surface area contributed by atoms with Crippen molar-refractivity contribution in [3.05, 3.63) is 83.6 Å². The van der Waals surface area contributed by atoms with Crippen LogP contribution in [-0.2, 0) is 17.7 Å². The van der Waals surface area contributed by atoms with Gasteiger partial charge in [0.1, 0.15) is 5.76 Å². The third kappa shape index (κ3) is 4.91. The smallest absolute Gasteiger partial charge is 0.339 e. The Morgan fingerprint density at radius 3 is 2.68 bits per heavy atom. The minimum atomic E-state index is -0.352. The molecular formula is C22H24N2O4. The molecule has 6 nitrogen and oxygen atoms in total. The molecule has 3 aromatic rings. The number of hydrogen-bond acceptors (Lipinski definition) is 5. The molecule has 0 radical (unpaired) electrons. The molecule has 0 saturated carbocycles. The van der Waals surface area contributed by atoms with Crippen LogP contribution in [0.25, 0.3) is 0 Å². The van der Waals surface area contributed by atoms with Crippen molar-refractivity contribution in [2.75, 3.05) is 6.61 Å². The van der Waals surface area contributed by atoms with Crippen molar-refractivity contribution in [3.63, 3.8) is 0 Å². The summed E-state index contributed by atoms with van der Waals surface area (Å²) in [5.41, 5.74) is 2.65. The van der Waals surface area contributed by atoms with Crippen molar-refractivity contribution in [1.82, 2.24) is 4.57 Å². The molecule has 0 saturated heterocycles. The monoisotopic (exact) mass is 380 g/mol. The van der Waals surface area contributed by atoms with Crippen LogP contribution in [0.5, 0.6) is 0 Å². The Morgan fingerprint density at radius 1 is 1.18 bits per heavy atom. The molecule has 146 valence electrons. The molecule has 0 bridgehead atoms. The highest BCUT2D eigenvalue weighted by Gasteiger charge is 2.17. The maximum Gasteiger partial charge on any atom is 0.339 e. The summed E-state index contributed by atoms with van der Waals surface area (Å²) >= 11 is 0. The lowest BCUT2D eigenvalue weighted by Crippen LogP contribution is -2.10. The largest absolute Gasteiger partial charge is 0.467 e. The van der Waals surface area contributed by atoms with E-state index in [0.717, 1.165) is 29.9 Å². The number of carbonyl (C=O) groups excluding carboxylic acids is 1. The molecule has 1 aromatic carbocycles. The van der Waals surface area contributed by atoms with E-state index in [0.29, 0.717) is 30.8 Å². The third-order valence-electron chi connectivity index (χ3n) is 4.44. The molecule has 2 aromatic heterocycles. The van der Waals surface area contributed by atoms with Crippen molar-refractivity contribution < 1.29 is 19.2 Å².